The first-order valence-electron chi connectivity index (χ1n) is 10.3. The monoisotopic (exact) mass is 436 g/mol. The minimum atomic E-state index is -4.40. The summed E-state index contributed by atoms with van der Waals surface area (Å²) in [7, 11) is 0. The standard InChI is InChI=1S/C22H27F3N4O2/c1-3-31-19-8-5-4-7-18(19)27-21(30)16(2)28-11-6-12-29(14-13-28)20-10-9-17(15-26-20)22(23,24)25/h4-5,7-10,15-16H,3,6,11-14H2,1-2H3,(H,27,30). The third-order valence-electron chi connectivity index (χ3n) is 5.30. The van der Waals surface area contributed by atoms with Crippen molar-refractivity contribution in [1.29, 1.82) is 0 Å². The van der Waals surface area contributed by atoms with Crippen molar-refractivity contribution in [2.75, 3.05) is 43.0 Å². The van der Waals surface area contributed by atoms with Crippen LogP contribution in [0.4, 0.5) is 24.7 Å². The van der Waals surface area contributed by atoms with Crippen molar-refractivity contribution in [3.63, 3.8) is 0 Å². The van der Waals surface area contributed by atoms with Crippen LogP contribution in [0.5, 0.6) is 5.75 Å². The highest BCUT2D eigenvalue weighted by atomic mass is 19.4. The minimum Gasteiger partial charge on any atom is -0.492 e. The number of alkyl halides is 3. The maximum Gasteiger partial charge on any atom is 0.417 e. The van der Waals surface area contributed by atoms with Gasteiger partial charge in [0.15, 0.2) is 0 Å². The summed E-state index contributed by atoms with van der Waals surface area (Å²) in [5.74, 6) is 1.01. The maximum absolute atomic E-state index is 12.8. The molecule has 2 heterocycles. The number of aromatic nitrogens is 1. The molecule has 1 aliphatic rings. The molecule has 1 amide bonds. The fourth-order valence-corrected chi connectivity index (χ4v) is 3.55. The number of hydrogen-bond donors (Lipinski definition) is 1. The van der Waals surface area contributed by atoms with Crippen molar-refractivity contribution < 1.29 is 22.7 Å². The van der Waals surface area contributed by atoms with E-state index in [9.17, 15) is 18.0 Å². The van der Waals surface area contributed by atoms with Gasteiger partial charge in [0.1, 0.15) is 11.6 Å². The highest BCUT2D eigenvalue weighted by molar-refractivity contribution is 5.95. The lowest BCUT2D eigenvalue weighted by atomic mass is 10.2. The number of rotatable bonds is 6. The predicted octanol–water partition coefficient (Wildman–Crippen LogP) is 4.04. The molecule has 1 fully saturated rings. The molecule has 1 aromatic heterocycles. The van der Waals surface area contributed by atoms with Gasteiger partial charge < -0.3 is 15.0 Å². The van der Waals surface area contributed by atoms with Crippen LogP contribution in [0.3, 0.4) is 0 Å². The highest BCUT2D eigenvalue weighted by Gasteiger charge is 2.31. The fourth-order valence-electron chi connectivity index (χ4n) is 3.55. The van der Waals surface area contributed by atoms with E-state index in [0.717, 1.165) is 18.7 Å². The Kier molecular flexibility index (Phi) is 7.37. The maximum atomic E-state index is 12.8. The average molecular weight is 436 g/mol. The molecule has 168 valence electrons. The van der Waals surface area contributed by atoms with Gasteiger partial charge in [-0.2, -0.15) is 13.2 Å². The van der Waals surface area contributed by atoms with Crippen molar-refractivity contribution in [2.45, 2.75) is 32.5 Å². The first-order chi connectivity index (χ1) is 14.8. The molecule has 1 aliphatic heterocycles. The van der Waals surface area contributed by atoms with Gasteiger partial charge in [-0.05, 0) is 44.5 Å². The van der Waals surface area contributed by atoms with E-state index in [1.807, 2.05) is 36.9 Å². The summed E-state index contributed by atoms with van der Waals surface area (Å²) < 4.78 is 43.8. The Morgan fingerprint density at radius 1 is 1.16 bits per heavy atom. The summed E-state index contributed by atoms with van der Waals surface area (Å²) >= 11 is 0. The van der Waals surface area contributed by atoms with Crippen molar-refractivity contribution in [3.8, 4) is 5.75 Å². The largest absolute Gasteiger partial charge is 0.492 e. The van der Waals surface area contributed by atoms with Crippen LogP contribution in [0.25, 0.3) is 0 Å². The first kappa shape index (κ1) is 22.9. The number of carbonyl (C=O) groups excluding carboxylic acids is 1. The molecule has 1 saturated heterocycles. The number of pyridine rings is 1. The Labute approximate surface area is 180 Å². The summed E-state index contributed by atoms with van der Waals surface area (Å²) in [5, 5.41) is 2.94. The number of carbonyl (C=O) groups is 1. The zero-order chi connectivity index (χ0) is 22.4. The van der Waals surface area contributed by atoms with Crippen molar-refractivity contribution in [3.05, 3.63) is 48.2 Å². The summed E-state index contributed by atoms with van der Waals surface area (Å²) in [6.45, 7) is 6.79. The molecule has 0 bridgehead atoms. The van der Waals surface area contributed by atoms with E-state index < -0.39 is 11.7 Å². The number of nitrogens with zero attached hydrogens (tertiary/aromatic N) is 3. The molecule has 1 aromatic carbocycles. The van der Waals surface area contributed by atoms with Crippen LogP contribution >= 0.6 is 0 Å². The van der Waals surface area contributed by atoms with E-state index >= 15 is 0 Å². The Bertz CT molecular complexity index is 874. The van der Waals surface area contributed by atoms with E-state index in [1.54, 1.807) is 6.07 Å². The molecule has 6 nitrogen and oxygen atoms in total. The molecular weight excluding hydrogens is 409 g/mol. The zero-order valence-corrected chi connectivity index (χ0v) is 17.7. The summed E-state index contributed by atoms with van der Waals surface area (Å²) in [6.07, 6.45) is -2.76. The van der Waals surface area contributed by atoms with Gasteiger partial charge in [-0.25, -0.2) is 4.98 Å². The van der Waals surface area contributed by atoms with Crippen LogP contribution in [0.2, 0.25) is 0 Å². The molecule has 2 aromatic rings. The summed E-state index contributed by atoms with van der Waals surface area (Å²) in [6, 6.07) is 9.39. The van der Waals surface area contributed by atoms with Gasteiger partial charge in [0.05, 0.1) is 23.9 Å². The lowest BCUT2D eigenvalue weighted by molar-refractivity contribution is -0.137. The second-order valence-corrected chi connectivity index (χ2v) is 7.37. The van der Waals surface area contributed by atoms with Crippen LogP contribution in [0.15, 0.2) is 42.6 Å². The number of halogens is 3. The average Bonchev–Trinajstić information content (AvgIpc) is 3.00. The zero-order valence-electron chi connectivity index (χ0n) is 17.7. The fraction of sp³-hybridized carbons (Fsp3) is 0.455. The van der Waals surface area contributed by atoms with E-state index in [4.69, 9.17) is 4.74 Å². The van der Waals surface area contributed by atoms with Gasteiger partial charge in [0.2, 0.25) is 5.91 Å². The SMILES string of the molecule is CCOc1ccccc1NC(=O)C(C)N1CCCN(c2ccc(C(F)(F)F)cn2)CC1. The topological polar surface area (TPSA) is 57.7 Å². The minimum absolute atomic E-state index is 0.131. The lowest BCUT2D eigenvalue weighted by Gasteiger charge is -2.27. The van der Waals surface area contributed by atoms with Crippen LogP contribution < -0.4 is 15.0 Å². The smallest absolute Gasteiger partial charge is 0.417 e. The van der Waals surface area contributed by atoms with E-state index in [2.05, 4.69) is 15.2 Å². The highest BCUT2D eigenvalue weighted by Crippen LogP contribution is 2.29. The number of ether oxygens (including phenoxy) is 1. The Morgan fingerprint density at radius 3 is 2.61 bits per heavy atom. The summed E-state index contributed by atoms with van der Waals surface area (Å²) in [5.41, 5.74) is -0.128. The van der Waals surface area contributed by atoms with E-state index in [1.165, 1.54) is 6.07 Å². The first-order valence-corrected chi connectivity index (χ1v) is 10.3. The van der Waals surface area contributed by atoms with Crippen molar-refractivity contribution in [2.24, 2.45) is 0 Å². The number of para-hydroxylation sites is 2. The number of nitrogens with one attached hydrogen (secondary N) is 1. The van der Waals surface area contributed by atoms with E-state index in [0.29, 0.717) is 50.0 Å². The van der Waals surface area contributed by atoms with Gasteiger partial charge in [-0.3, -0.25) is 9.69 Å². The molecule has 0 saturated carbocycles. The second kappa shape index (κ2) is 10.00. The molecule has 1 atom stereocenters. The van der Waals surface area contributed by atoms with Crippen LogP contribution in [0, 0.1) is 0 Å². The number of benzene rings is 1. The van der Waals surface area contributed by atoms with Gasteiger partial charge in [-0.15, -0.1) is 0 Å². The molecule has 31 heavy (non-hydrogen) atoms. The summed E-state index contributed by atoms with van der Waals surface area (Å²) in [4.78, 5) is 20.8. The molecule has 0 radical (unpaired) electrons. The van der Waals surface area contributed by atoms with Gasteiger partial charge in [0.25, 0.3) is 0 Å². The Hall–Kier alpha value is -2.81. The predicted molar refractivity (Wildman–Crippen MR) is 113 cm³/mol. The quantitative estimate of drug-likeness (QED) is 0.741. The number of amides is 1. The number of anilines is 2. The van der Waals surface area contributed by atoms with Crippen LogP contribution in [-0.2, 0) is 11.0 Å². The molecule has 0 spiro atoms. The molecule has 9 heteroatoms. The van der Waals surface area contributed by atoms with Gasteiger partial charge in [0, 0.05) is 32.4 Å². The second-order valence-electron chi connectivity index (χ2n) is 7.37. The molecule has 1 unspecified atom stereocenters. The molecule has 0 aliphatic carbocycles. The molecule has 3 rings (SSSR count). The van der Waals surface area contributed by atoms with Crippen LogP contribution in [0.1, 0.15) is 25.8 Å². The Balaban J connectivity index is 1.60. The van der Waals surface area contributed by atoms with Gasteiger partial charge >= 0.3 is 6.18 Å². The molecule has 1 N–H and O–H groups in total. The van der Waals surface area contributed by atoms with Crippen LogP contribution in [-0.4, -0.2) is 54.6 Å². The third-order valence-corrected chi connectivity index (χ3v) is 5.30. The Morgan fingerprint density at radius 2 is 1.94 bits per heavy atom. The molecular formula is C22H27F3N4O2. The van der Waals surface area contributed by atoms with Crippen molar-refractivity contribution in [1.82, 2.24) is 9.88 Å². The van der Waals surface area contributed by atoms with Crippen molar-refractivity contribution >= 4 is 17.4 Å². The lowest BCUT2D eigenvalue weighted by Crippen LogP contribution is -2.44. The number of hydrogen-bond acceptors (Lipinski definition) is 5. The van der Waals surface area contributed by atoms with Gasteiger partial charge in [-0.1, -0.05) is 12.1 Å². The third kappa shape index (κ3) is 5.88. The normalized spacial score (nSPS) is 16.5. The van der Waals surface area contributed by atoms with E-state index in [-0.39, 0.29) is 11.9 Å².